The van der Waals surface area contributed by atoms with Crippen LogP contribution >= 0.6 is 0 Å². The molecule has 0 heterocycles. The minimum Gasteiger partial charge on any atom is -0.484 e. The minimum absolute atomic E-state index is 0.0794. The van der Waals surface area contributed by atoms with E-state index in [2.05, 4.69) is 31.3 Å². The zero-order chi connectivity index (χ0) is 18.3. The zero-order valence-electron chi connectivity index (χ0n) is 14.6. The Hall–Kier alpha value is -3.13. The fourth-order valence-corrected chi connectivity index (χ4v) is 2.05. The van der Waals surface area contributed by atoms with Crippen molar-refractivity contribution < 1.29 is 9.53 Å². The van der Waals surface area contributed by atoms with Crippen LogP contribution in [-0.4, -0.2) is 18.7 Å². The Balaban J connectivity index is 1.80. The van der Waals surface area contributed by atoms with Crippen LogP contribution in [0, 0.1) is 11.3 Å². The highest BCUT2D eigenvalue weighted by Crippen LogP contribution is 2.24. The van der Waals surface area contributed by atoms with E-state index in [1.807, 2.05) is 30.3 Å². The van der Waals surface area contributed by atoms with Crippen LogP contribution in [-0.2, 0) is 10.2 Å². The van der Waals surface area contributed by atoms with Crippen molar-refractivity contribution >= 4 is 12.1 Å². The fourth-order valence-electron chi connectivity index (χ4n) is 2.05. The van der Waals surface area contributed by atoms with Gasteiger partial charge in [0.25, 0.3) is 5.91 Å². The van der Waals surface area contributed by atoms with E-state index in [-0.39, 0.29) is 17.9 Å². The molecular formula is C20H21N3O2. The summed E-state index contributed by atoms with van der Waals surface area (Å²) in [5, 5.41) is 12.6. The molecule has 0 atom stereocenters. The van der Waals surface area contributed by atoms with Crippen LogP contribution in [0.25, 0.3) is 0 Å². The Bertz CT molecular complexity index is 780. The summed E-state index contributed by atoms with van der Waals surface area (Å²) < 4.78 is 5.45. The molecule has 0 spiro atoms. The van der Waals surface area contributed by atoms with E-state index in [9.17, 15) is 4.79 Å². The predicted octanol–water partition coefficient (Wildman–Crippen LogP) is 3.38. The number of nitrogens with zero attached hydrogens (tertiary/aromatic N) is 2. The highest BCUT2D eigenvalue weighted by atomic mass is 16.5. The molecule has 2 rings (SSSR count). The van der Waals surface area contributed by atoms with E-state index < -0.39 is 0 Å². The van der Waals surface area contributed by atoms with Crippen LogP contribution < -0.4 is 10.2 Å². The molecule has 0 aromatic heterocycles. The van der Waals surface area contributed by atoms with Crippen molar-refractivity contribution in [1.29, 1.82) is 5.26 Å². The SMILES string of the molecule is CC(C)(C)c1ccc(OCC(=O)NN=Cc2ccc(C#N)cc2)cc1. The topological polar surface area (TPSA) is 74.5 Å². The lowest BCUT2D eigenvalue weighted by molar-refractivity contribution is -0.123. The summed E-state index contributed by atoms with van der Waals surface area (Å²) in [6.45, 7) is 6.31. The summed E-state index contributed by atoms with van der Waals surface area (Å²) in [7, 11) is 0. The van der Waals surface area contributed by atoms with Gasteiger partial charge in [-0.15, -0.1) is 0 Å². The third-order valence-corrected chi connectivity index (χ3v) is 3.53. The van der Waals surface area contributed by atoms with Gasteiger partial charge in [-0.2, -0.15) is 10.4 Å². The first-order valence-electron chi connectivity index (χ1n) is 7.94. The second kappa shape index (κ2) is 8.11. The summed E-state index contributed by atoms with van der Waals surface area (Å²) in [6, 6.07) is 16.6. The van der Waals surface area contributed by atoms with Gasteiger partial charge in [-0.05, 0) is 40.8 Å². The zero-order valence-corrected chi connectivity index (χ0v) is 14.6. The van der Waals surface area contributed by atoms with Gasteiger partial charge >= 0.3 is 0 Å². The number of amides is 1. The summed E-state index contributed by atoms with van der Waals surface area (Å²) in [4.78, 5) is 11.7. The molecule has 0 radical (unpaired) electrons. The number of nitrogens with one attached hydrogen (secondary N) is 1. The molecule has 25 heavy (non-hydrogen) atoms. The number of hydrogen-bond acceptors (Lipinski definition) is 4. The second-order valence-corrected chi connectivity index (χ2v) is 6.59. The normalized spacial score (nSPS) is 11.1. The van der Waals surface area contributed by atoms with Gasteiger partial charge in [0.1, 0.15) is 5.75 Å². The van der Waals surface area contributed by atoms with Crippen molar-refractivity contribution in [2.24, 2.45) is 5.10 Å². The van der Waals surface area contributed by atoms with Crippen molar-refractivity contribution in [3.05, 3.63) is 65.2 Å². The Labute approximate surface area is 147 Å². The molecule has 1 amide bonds. The first-order chi connectivity index (χ1) is 11.9. The highest BCUT2D eigenvalue weighted by molar-refractivity contribution is 5.83. The number of rotatable bonds is 5. The van der Waals surface area contributed by atoms with Gasteiger partial charge in [0.2, 0.25) is 0 Å². The Morgan fingerprint density at radius 2 is 1.80 bits per heavy atom. The largest absolute Gasteiger partial charge is 0.484 e. The molecule has 5 nitrogen and oxygen atoms in total. The van der Waals surface area contributed by atoms with Gasteiger partial charge in [-0.25, -0.2) is 5.43 Å². The minimum atomic E-state index is -0.343. The summed E-state index contributed by atoms with van der Waals surface area (Å²) in [5.74, 6) is 0.295. The van der Waals surface area contributed by atoms with Crippen LogP contribution in [0.2, 0.25) is 0 Å². The first kappa shape index (κ1) is 18.2. The van der Waals surface area contributed by atoms with E-state index >= 15 is 0 Å². The van der Waals surface area contributed by atoms with Crippen molar-refractivity contribution in [3.63, 3.8) is 0 Å². The quantitative estimate of drug-likeness (QED) is 0.672. The molecule has 0 unspecified atom stereocenters. The number of carbonyl (C=O) groups is 1. The van der Waals surface area contributed by atoms with E-state index in [1.165, 1.54) is 11.8 Å². The van der Waals surface area contributed by atoms with E-state index in [0.717, 1.165) is 5.56 Å². The molecular weight excluding hydrogens is 314 g/mol. The lowest BCUT2D eigenvalue weighted by Gasteiger charge is -2.19. The Morgan fingerprint density at radius 1 is 1.16 bits per heavy atom. The van der Waals surface area contributed by atoms with Gasteiger partial charge in [-0.3, -0.25) is 4.79 Å². The molecule has 0 bridgehead atoms. The third kappa shape index (κ3) is 5.78. The molecule has 0 saturated heterocycles. The molecule has 5 heteroatoms. The molecule has 2 aromatic rings. The van der Waals surface area contributed by atoms with Crippen molar-refractivity contribution in [3.8, 4) is 11.8 Å². The predicted molar refractivity (Wildman–Crippen MR) is 97.5 cm³/mol. The van der Waals surface area contributed by atoms with Crippen LogP contribution in [0.4, 0.5) is 0 Å². The van der Waals surface area contributed by atoms with Crippen LogP contribution in [0.15, 0.2) is 53.6 Å². The van der Waals surface area contributed by atoms with E-state index in [1.54, 1.807) is 24.3 Å². The summed E-state index contributed by atoms with van der Waals surface area (Å²) in [5.41, 5.74) is 5.06. The van der Waals surface area contributed by atoms with Crippen LogP contribution in [0.3, 0.4) is 0 Å². The summed E-state index contributed by atoms with van der Waals surface area (Å²) >= 11 is 0. The van der Waals surface area contributed by atoms with Gasteiger partial charge < -0.3 is 4.74 Å². The number of benzene rings is 2. The van der Waals surface area contributed by atoms with Gasteiger partial charge in [-0.1, -0.05) is 45.0 Å². The first-order valence-corrected chi connectivity index (χ1v) is 7.94. The third-order valence-electron chi connectivity index (χ3n) is 3.53. The maximum Gasteiger partial charge on any atom is 0.277 e. The maximum atomic E-state index is 11.7. The molecule has 0 saturated carbocycles. The fraction of sp³-hybridized carbons (Fsp3) is 0.250. The molecule has 0 fully saturated rings. The van der Waals surface area contributed by atoms with Crippen molar-refractivity contribution in [2.75, 3.05) is 6.61 Å². The Morgan fingerprint density at radius 3 is 2.36 bits per heavy atom. The molecule has 0 aliphatic carbocycles. The van der Waals surface area contributed by atoms with Gasteiger partial charge in [0.15, 0.2) is 6.61 Å². The highest BCUT2D eigenvalue weighted by Gasteiger charge is 2.13. The number of hydrogen-bond donors (Lipinski definition) is 1. The van der Waals surface area contributed by atoms with Gasteiger partial charge in [0.05, 0.1) is 17.8 Å². The van der Waals surface area contributed by atoms with E-state index in [0.29, 0.717) is 11.3 Å². The molecule has 0 aliphatic rings. The number of nitriles is 1. The van der Waals surface area contributed by atoms with Crippen molar-refractivity contribution in [1.82, 2.24) is 5.43 Å². The standard InChI is InChI=1S/C20H21N3O2/c1-20(2,3)17-8-10-18(11-9-17)25-14-19(24)23-22-13-16-6-4-15(12-21)5-7-16/h4-11,13H,14H2,1-3H3,(H,23,24). The molecule has 1 N–H and O–H groups in total. The monoisotopic (exact) mass is 335 g/mol. The lowest BCUT2D eigenvalue weighted by Crippen LogP contribution is -2.24. The number of ether oxygens (including phenoxy) is 1. The molecule has 128 valence electrons. The van der Waals surface area contributed by atoms with E-state index in [4.69, 9.17) is 10.00 Å². The summed E-state index contributed by atoms with van der Waals surface area (Å²) in [6.07, 6.45) is 1.51. The average Bonchev–Trinajstić information content (AvgIpc) is 2.60. The van der Waals surface area contributed by atoms with Gasteiger partial charge in [0, 0.05) is 0 Å². The molecule has 0 aliphatic heterocycles. The lowest BCUT2D eigenvalue weighted by atomic mass is 9.87. The molecule has 2 aromatic carbocycles. The Kier molecular flexibility index (Phi) is 5.91. The number of carbonyl (C=O) groups excluding carboxylic acids is 1. The van der Waals surface area contributed by atoms with Crippen molar-refractivity contribution in [2.45, 2.75) is 26.2 Å². The smallest absolute Gasteiger partial charge is 0.277 e. The number of hydrazone groups is 1. The van der Waals surface area contributed by atoms with Crippen LogP contribution in [0.5, 0.6) is 5.75 Å². The maximum absolute atomic E-state index is 11.7. The second-order valence-electron chi connectivity index (χ2n) is 6.59. The van der Waals surface area contributed by atoms with Crippen LogP contribution in [0.1, 0.15) is 37.5 Å². The average molecular weight is 335 g/mol.